The number of hydrogen-bond acceptors (Lipinski definition) is 6. The van der Waals surface area contributed by atoms with Gasteiger partial charge in [-0.3, -0.25) is 4.79 Å². The molecule has 174 valence electrons. The van der Waals surface area contributed by atoms with Crippen LogP contribution in [0.15, 0.2) is 30.5 Å². The fourth-order valence-electron chi connectivity index (χ4n) is 4.23. The quantitative estimate of drug-likeness (QED) is 0.613. The van der Waals surface area contributed by atoms with E-state index in [0.717, 1.165) is 25.3 Å². The predicted octanol–water partition coefficient (Wildman–Crippen LogP) is 4.30. The van der Waals surface area contributed by atoms with Gasteiger partial charge in [0.05, 0.1) is 11.1 Å². The minimum atomic E-state index is -4.72. The van der Waals surface area contributed by atoms with Crippen molar-refractivity contribution >= 4 is 17.4 Å². The molecule has 1 aliphatic rings. The van der Waals surface area contributed by atoms with Gasteiger partial charge in [-0.2, -0.15) is 13.2 Å². The Labute approximate surface area is 186 Å². The highest BCUT2D eigenvalue weighted by molar-refractivity contribution is 6.11. The van der Waals surface area contributed by atoms with Gasteiger partial charge in [-0.25, -0.2) is 9.97 Å². The number of nitrogen functional groups attached to an aromatic ring is 1. The topological polar surface area (TPSA) is 84.1 Å². The first kappa shape index (κ1) is 24.0. The number of rotatable bonds is 7. The first-order chi connectivity index (χ1) is 15.1. The zero-order chi connectivity index (χ0) is 23.5. The summed E-state index contributed by atoms with van der Waals surface area (Å²) in [4.78, 5) is 23.1. The van der Waals surface area contributed by atoms with Crippen LogP contribution in [-0.4, -0.2) is 40.9 Å². The van der Waals surface area contributed by atoms with Gasteiger partial charge in [0.25, 0.3) is 0 Å². The molecule has 3 N–H and O–H groups in total. The number of nitrogens with one attached hydrogen (secondary N) is 1. The van der Waals surface area contributed by atoms with Crippen LogP contribution in [0, 0.1) is 5.92 Å². The van der Waals surface area contributed by atoms with Gasteiger partial charge in [-0.05, 0) is 43.0 Å². The number of alkyl halides is 3. The Morgan fingerprint density at radius 3 is 2.59 bits per heavy atom. The lowest BCUT2D eigenvalue weighted by molar-refractivity contribution is -0.138. The van der Waals surface area contributed by atoms with E-state index in [1.165, 1.54) is 24.4 Å². The van der Waals surface area contributed by atoms with Gasteiger partial charge in [-0.1, -0.05) is 27.2 Å². The van der Waals surface area contributed by atoms with Crippen LogP contribution < -0.4 is 16.0 Å². The third-order valence-electron chi connectivity index (χ3n) is 5.55. The van der Waals surface area contributed by atoms with Gasteiger partial charge < -0.3 is 16.0 Å². The number of piperazine rings is 1. The van der Waals surface area contributed by atoms with Crippen LogP contribution in [-0.2, 0) is 6.18 Å². The molecule has 3 rings (SSSR count). The monoisotopic (exact) mass is 449 g/mol. The summed E-state index contributed by atoms with van der Waals surface area (Å²) in [6, 6.07) is 5.51. The molecule has 2 aromatic heterocycles. The molecule has 3 heterocycles. The van der Waals surface area contributed by atoms with Crippen molar-refractivity contribution < 1.29 is 18.0 Å². The third kappa shape index (κ3) is 5.56. The average Bonchev–Trinajstić information content (AvgIpc) is 2.72. The number of ketones is 1. The van der Waals surface area contributed by atoms with E-state index in [9.17, 15) is 18.0 Å². The summed E-state index contributed by atoms with van der Waals surface area (Å²) in [6.45, 7) is 7.61. The highest BCUT2D eigenvalue weighted by atomic mass is 19.4. The molecule has 2 aromatic rings. The summed E-state index contributed by atoms with van der Waals surface area (Å²) in [5.74, 6) is -0.176. The second-order valence-electron chi connectivity index (χ2n) is 8.71. The highest BCUT2D eigenvalue weighted by Crippen LogP contribution is 2.34. The molecule has 0 spiro atoms. The fourth-order valence-corrected chi connectivity index (χ4v) is 4.23. The molecule has 2 atom stereocenters. The Morgan fingerprint density at radius 2 is 1.97 bits per heavy atom. The van der Waals surface area contributed by atoms with Crippen LogP contribution >= 0.6 is 0 Å². The van der Waals surface area contributed by atoms with Crippen molar-refractivity contribution in [3.05, 3.63) is 47.3 Å². The molecule has 6 nitrogen and oxygen atoms in total. The summed E-state index contributed by atoms with van der Waals surface area (Å²) >= 11 is 0. The normalized spacial score (nSPS) is 19.4. The van der Waals surface area contributed by atoms with E-state index in [-0.39, 0.29) is 23.5 Å². The maximum Gasteiger partial charge on any atom is 0.418 e. The number of anilines is 2. The second kappa shape index (κ2) is 9.85. The number of hydrogen-bond donors (Lipinski definition) is 2. The van der Waals surface area contributed by atoms with Gasteiger partial charge in [0.1, 0.15) is 17.3 Å². The number of carbonyl (C=O) groups is 1. The summed E-state index contributed by atoms with van der Waals surface area (Å²) in [7, 11) is 0. The molecule has 0 unspecified atom stereocenters. The molecule has 1 aliphatic heterocycles. The smallest absolute Gasteiger partial charge is 0.383 e. The number of pyridine rings is 2. The highest BCUT2D eigenvalue weighted by Gasteiger charge is 2.38. The van der Waals surface area contributed by atoms with Crippen LogP contribution in [0.2, 0.25) is 0 Å². The molecule has 0 radical (unpaired) electrons. The molecular formula is C23H30F3N5O. The van der Waals surface area contributed by atoms with E-state index in [4.69, 9.17) is 5.73 Å². The summed E-state index contributed by atoms with van der Waals surface area (Å²) < 4.78 is 41.1. The Kier molecular flexibility index (Phi) is 7.38. The minimum Gasteiger partial charge on any atom is -0.383 e. The summed E-state index contributed by atoms with van der Waals surface area (Å²) in [5.41, 5.74) is 3.93. The van der Waals surface area contributed by atoms with Gasteiger partial charge >= 0.3 is 6.18 Å². The van der Waals surface area contributed by atoms with Gasteiger partial charge in [0.15, 0.2) is 0 Å². The average molecular weight is 450 g/mol. The molecule has 1 fully saturated rings. The zero-order valence-corrected chi connectivity index (χ0v) is 18.6. The first-order valence-corrected chi connectivity index (χ1v) is 10.9. The van der Waals surface area contributed by atoms with Gasteiger partial charge in [0.2, 0.25) is 5.78 Å². The summed E-state index contributed by atoms with van der Waals surface area (Å²) in [5, 5.41) is 3.65. The lowest BCUT2D eigenvalue weighted by atomic mass is 9.98. The largest absolute Gasteiger partial charge is 0.418 e. The number of aromatic nitrogens is 2. The SMILES string of the molecule is CCC[C@H]1CN(c2ccc(C(F)(F)F)c(C(=O)c3cccnc3N)n2)C[C@H](CC(C)C)N1. The summed E-state index contributed by atoms with van der Waals surface area (Å²) in [6.07, 6.45) is -0.463. The number of nitrogens with zero attached hydrogens (tertiary/aromatic N) is 3. The van der Waals surface area contributed by atoms with Crippen LogP contribution in [0.25, 0.3) is 0 Å². The van der Waals surface area contributed by atoms with Crippen molar-refractivity contribution in [1.29, 1.82) is 0 Å². The van der Waals surface area contributed by atoms with Crippen LogP contribution in [0.4, 0.5) is 24.8 Å². The Balaban J connectivity index is 2.01. The van der Waals surface area contributed by atoms with E-state index in [2.05, 4.69) is 36.1 Å². The Morgan fingerprint density at radius 1 is 1.25 bits per heavy atom. The third-order valence-corrected chi connectivity index (χ3v) is 5.55. The van der Waals surface area contributed by atoms with E-state index < -0.39 is 23.2 Å². The Hall–Kier alpha value is -2.68. The molecule has 0 aromatic carbocycles. The van der Waals surface area contributed by atoms with Crippen molar-refractivity contribution in [3.8, 4) is 0 Å². The lowest BCUT2D eigenvalue weighted by Crippen LogP contribution is -2.57. The van der Waals surface area contributed by atoms with E-state index >= 15 is 0 Å². The van der Waals surface area contributed by atoms with E-state index in [0.29, 0.717) is 24.8 Å². The molecule has 0 bridgehead atoms. The van der Waals surface area contributed by atoms with Crippen LogP contribution in [0.3, 0.4) is 0 Å². The molecule has 9 heteroatoms. The predicted molar refractivity (Wildman–Crippen MR) is 119 cm³/mol. The number of carbonyl (C=O) groups excluding carboxylic acids is 1. The number of nitrogens with two attached hydrogens (primary N) is 1. The minimum absolute atomic E-state index is 0.0931. The van der Waals surface area contributed by atoms with Crippen molar-refractivity contribution in [2.24, 2.45) is 5.92 Å². The fraction of sp³-hybridized carbons (Fsp3) is 0.522. The van der Waals surface area contributed by atoms with Crippen molar-refractivity contribution in [3.63, 3.8) is 0 Å². The molecular weight excluding hydrogens is 419 g/mol. The van der Waals surface area contributed by atoms with Gasteiger partial charge in [-0.15, -0.1) is 0 Å². The van der Waals surface area contributed by atoms with Crippen molar-refractivity contribution in [2.45, 2.75) is 58.3 Å². The van der Waals surface area contributed by atoms with Crippen molar-refractivity contribution in [2.75, 3.05) is 23.7 Å². The standard InChI is InChI=1S/C23H30F3N5O/c1-4-6-15-12-31(13-16(29-15)11-14(2)3)19-9-8-18(23(24,25)26)20(30-19)21(32)17-7-5-10-28-22(17)27/h5,7-10,14-16,29H,4,6,11-13H2,1-3H3,(H2,27,28)/t15-,16-/m0/s1. The lowest BCUT2D eigenvalue weighted by Gasteiger charge is -2.40. The molecule has 0 saturated carbocycles. The van der Waals surface area contributed by atoms with Crippen LogP contribution in [0.5, 0.6) is 0 Å². The van der Waals surface area contributed by atoms with E-state index in [1.54, 1.807) is 0 Å². The van der Waals surface area contributed by atoms with Crippen LogP contribution in [0.1, 0.15) is 61.6 Å². The van der Waals surface area contributed by atoms with E-state index in [1.807, 2.05) is 4.90 Å². The molecule has 32 heavy (non-hydrogen) atoms. The van der Waals surface area contributed by atoms with Crippen molar-refractivity contribution in [1.82, 2.24) is 15.3 Å². The second-order valence-corrected chi connectivity index (χ2v) is 8.71. The first-order valence-electron chi connectivity index (χ1n) is 10.9. The Bertz CT molecular complexity index is 947. The molecule has 1 saturated heterocycles. The number of halogens is 3. The molecule has 0 aliphatic carbocycles. The van der Waals surface area contributed by atoms with Gasteiger partial charge in [0, 0.05) is 31.4 Å². The maximum absolute atomic E-state index is 13.7. The molecule has 0 amide bonds. The zero-order valence-electron chi connectivity index (χ0n) is 18.6. The maximum atomic E-state index is 13.7.